The zero-order valence-electron chi connectivity index (χ0n) is 12.4. The summed E-state index contributed by atoms with van der Waals surface area (Å²) >= 11 is 13.1. The molecule has 2 aromatic carbocycles. The number of thioether (sulfide) groups is 1. The SMILES string of the molecule is Cc1cccc(NC(=S)NCCSCc2cccc(Cl)c2)c1. The fraction of sp³-hybridized carbons (Fsp3) is 0.235. The second-order valence-corrected chi connectivity index (χ2v) is 6.88. The molecule has 2 N–H and O–H groups in total. The molecule has 0 amide bonds. The van der Waals surface area contributed by atoms with Gasteiger partial charge in [0.1, 0.15) is 0 Å². The molecule has 0 saturated heterocycles. The smallest absolute Gasteiger partial charge is 0.170 e. The molecule has 0 heterocycles. The molecular weight excluding hydrogens is 332 g/mol. The third-order valence-corrected chi connectivity index (χ3v) is 4.48. The van der Waals surface area contributed by atoms with Crippen LogP contribution in [0.15, 0.2) is 48.5 Å². The lowest BCUT2D eigenvalue weighted by Gasteiger charge is -2.11. The molecule has 2 rings (SSSR count). The van der Waals surface area contributed by atoms with Crippen LogP contribution in [0.1, 0.15) is 11.1 Å². The van der Waals surface area contributed by atoms with E-state index in [4.69, 9.17) is 23.8 Å². The third kappa shape index (κ3) is 6.26. The number of halogens is 1. The molecule has 0 fully saturated rings. The molecule has 0 atom stereocenters. The highest BCUT2D eigenvalue weighted by Crippen LogP contribution is 2.16. The Kier molecular flexibility index (Phi) is 7.03. The molecule has 2 nitrogen and oxygen atoms in total. The standard InChI is InChI=1S/C17H19ClN2S2/c1-13-4-2-7-16(10-13)20-17(21)19-8-9-22-12-14-5-3-6-15(18)11-14/h2-7,10-11H,8-9,12H2,1H3,(H2,19,20,21). The lowest BCUT2D eigenvalue weighted by Crippen LogP contribution is -2.30. The molecule has 0 aromatic heterocycles. The van der Waals surface area contributed by atoms with Crippen LogP contribution >= 0.6 is 35.6 Å². The van der Waals surface area contributed by atoms with E-state index in [9.17, 15) is 0 Å². The first-order valence-electron chi connectivity index (χ1n) is 7.07. The minimum absolute atomic E-state index is 0.661. The number of hydrogen-bond acceptors (Lipinski definition) is 2. The van der Waals surface area contributed by atoms with Gasteiger partial charge in [-0.15, -0.1) is 0 Å². The molecule has 22 heavy (non-hydrogen) atoms. The molecule has 0 aliphatic carbocycles. The van der Waals surface area contributed by atoms with Crippen molar-refractivity contribution in [2.45, 2.75) is 12.7 Å². The zero-order valence-corrected chi connectivity index (χ0v) is 14.8. The Labute approximate surface area is 146 Å². The fourth-order valence-corrected chi connectivity index (χ4v) is 3.19. The first kappa shape index (κ1) is 17.1. The molecule has 0 aliphatic rings. The van der Waals surface area contributed by atoms with Gasteiger partial charge >= 0.3 is 0 Å². The van der Waals surface area contributed by atoms with Crippen molar-refractivity contribution >= 4 is 46.4 Å². The molecule has 0 aliphatic heterocycles. The van der Waals surface area contributed by atoms with Crippen LogP contribution in [0.5, 0.6) is 0 Å². The van der Waals surface area contributed by atoms with Gasteiger partial charge in [-0.25, -0.2) is 0 Å². The van der Waals surface area contributed by atoms with Crippen LogP contribution < -0.4 is 10.6 Å². The summed E-state index contributed by atoms with van der Waals surface area (Å²) in [5.74, 6) is 1.95. The second-order valence-electron chi connectivity index (χ2n) is 4.93. The maximum atomic E-state index is 5.97. The summed E-state index contributed by atoms with van der Waals surface area (Å²) in [6, 6.07) is 16.1. The molecule has 116 valence electrons. The molecule has 0 saturated carbocycles. The van der Waals surface area contributed by atoms with E-state index < -0.39 is 0 Å². The number of thiocarbonyl (C=S) groups is 1. The van der Waals surface area contributed by atoms with Crippen molar-refractivity contribution in [3.63, 3.8) is 0 Å². The molecule has 2 aromatic rings. The van der Waals surface area contributed by atoms with Crippen molar-refractivity contribution in [2.24, 2.45) is 0 Å². The van der Waals surface area contributed by atoms with Gasteiger partial charge in [0, 0.05) is 28.8 Å². The maximum absolute atomic E-state index is 5.97. The Morgan fingerprint density at radius 1 is 1.18 bits per heavy atom. The summed E-state index contributed by atoms with van der Waals surface area (Å²) in [6.07, 6.45) is 0. The highest BCUT2D eigenvalue weighted by atomic mass is 35.5. The lowest BCUT2D eigenvalue weighted by atomic mass is 10.2. The largest absolute Gasteiger partial charge is 0.362 e. The molecule has 0 bridgehead atoms. The van der Waals surface area contributed by atoms with E-state index >= 15 is 0 Å². The topological polar surface area (TPSA) is 24.1 Å². The summed E-state index contributed by atoms with van der Waals surface area (Å²) in [6.45, 7) is 2.90. The van der Waals surface area contributed by atoms with Crippen molar-refractivity contribution in [3.8, 4) is 0 Å². The van der Waals surface area contributed by atoms with Crippen LogP contribution in [0.3, 0.4) is 0 Å². The number of nitrogens with one attached hydrogen (secondary N) is 2. The summed E-state index contributed by atoms with van der Waals surface area (Å²) in [7, 11) is 0. The Bertz CT molecular complexity index is 632. The van der Waals surface area contributed by atoms with Gasteiger partial charge in [0.25, 0.3) is 0 Å². The van der Waals surface area contributed by atoms with Gasteiger partial charge in [0.2, 0.25) is 0 Å². The summed E-state index contributed by atoms with van der Waals surface area (Å²) < 4.78 is 0. The monoisotopic (exact) mass is 350 g/mol. The Morgan fingerprint density at radius 3 is 2.77 bits per heavy atom. The maximum Gasteiger partial charge on any atom is 0.170 e. The average molecular weight is 351 g/mol. The van der Waals surface area contributed by atoms with Gasteiger partial charge in [-0.2, -0.15) is 11.8 Å². The van der Waals surface area contributed by atoms with Crippen LogP contribution in [0.2, 0.25) is 5.02 Å². The fourth-order valence-electron chi connectivity index (χ4n) is 1.95. The van der Waals surface area contributed by atoms with E-state index in [1.54, 1.807) is 0 Å². The average Bonchev–Trinajstić information content (AvgIpc) is 2.47. The molecule has 0 radical (unpaired) electrons. The number of anilines is 1. The minimum atomic E-state index is 0.661. The highest BCUT2D eigenvalue weighted by Gasteiger charge is 1.98. The second kappa shape index (κ2) is 9.03. The Hall–Kier alpha value is -1.23. The Morgan fingerprint density at radius 2 is 2.00 bits per heavy atom. The van der Waals surface area contributed by atoms with Crippen molar-refractivity contribution in [1.82, 2.24) is 5.32 Å². The van der Waals surface area contributed by atoms with Crippen LogP contribution in [0.25, 0.3) is 0 Å². The molecular formula is C17H19ClN2S2. The number of benzene rings is 2. The third-order valence-electron chi connectivity index (χ3n) is 2.97. The van der Waals surface area contributed by atoms with E-state index in [1.807, 2.05) is 42.1 Å². The van der Waals surface area contributed by atoms with E-state index in [1.165, 1.54) is 11.1 Å². The van der Waals surface area contributed by atoms with Gasteiger partial charge in [0.05, 0.1) is 0 Å². The predicted octanol–water partition coefficient (Wildman–Crippen LogP) is 4.87. The summed E-state index contributed by atoms with van der Waals surface area (Å²) in [5.41, 5.74) is 3.48. The van der Waals surface area contributed by atoms with E-state index in [0.717, 1.165) is 28.8 Å². The summed E-state index contributed by atoms with van der Waals surface area (Å²) in [5, 5.41) is 7.87. The van der Waals surface area contributed by atoms with Crippen LogP contribution in [0.4, 0.5) is 5.69 Å². The van der Waals surface area contributed by atoms with Gasteiger partial charge in [-0.3, -0.25) is 0 Å². The predicted molar refractivity (Wildman–Crippen MR) is 103 cm³/mol. The van der Waals surface area contributed by atoms with Gasteiger partial charge < -0.3 is 10.6 Å². The van der Waals surface area contributed by atoms with E-state index in [-0.39, 0.29) is 0 Å². The van der Waals surface area contributed by atoms with Crippen LogP contribution in [-0.2, 0) is 5.75 Å². The van der Waals surface area contributed by atoms with Crippen molar-refractivity contribution in [3.05, 3.63) is 64.7 Å². The zero-order chi connectivity index (χ0) is 15.8. The van der Waals surface area contributed by atoms with Crippen molar-refractivity contribution < 1.29 is 0 Å². The lowest BCUT2D eigenvalue weighted by molar-refractivity contribution is 0.990. The first-order valence-corrected chi connectivity index (χ1v) is 9.01. The molecule has 0 unspecified atom stereocenters. The first-order chi connectivity index (χ1) is 10.6. The normalized spacial score (nSPS) is 10.3. The van der Waals surface area contributed by atoms with Gasteiger partial charge in [-0.1, -0.05) is 35.9 Å². The van der Waals surface area contributed by atoms with E-state index in [2.05, 4.69) is 35.8 Å². The Balaban J connectivity index is 1.63. The molecule has 5 heteroatoms. The van der Waals surface area contributed by atoms with Crippen molar-refractivity contribution in [1.29, 1.82) is 0 Å². The highest BCUT2D eigenvalue weighted by molar-refractivity contribution is 7.98. The quantitative estimate of drug-likeness (QED) is 0.573. The van der Waals surface area contributed by atoms with Crippen LogP contribution in [-0.4, -0.2) is 17.4 Å². The number of rotatable bonds is 6. The minimum Gasteiger partial charge on any atom is -0.362 e. The van der Waals surface area contributed by atoms with Crippen LogP contribution in [0, 0.1) is 6.92 Å². The summed E-state index contributed by atoms with van der Waals surface area (Å²) in [4.78, 5) is 0. The van der Waals surface area contributed by atoms with E-state index in [0.29, 0.717) is 5.11 Å². The van der Waals surface area contributed by atoms with Gasteiger partial charge in [-0.05, 0) is 54.5 Å². The molecule has 0 spiro atoms. The van der Waals surface area contributed by atoms with Gasteiger partial charge in [0.15, 0.2) is 5.11 Å². The number of hydrogen-bond donors (Lipinski definition) is 2. The van der Waals surface area contributed by atoms with Crippen molar-refractivity contribution in [2.75, 3.05) is 17.6 Å². The number of aryl methyl sites for hydroxylation is 1.